The molecule has 0 amide bonds. The molecule has 0 unspecified atom stereocenters. The highest BCUT2D eigenvalue weighted by Crippen LogP contribution is 1.63. The number of rotatable bonds is 1. The number of nitrogens with two attached hydrogens (primary N) is 1. The molecule has 0 aliphatic heterocycles. The molecule has 2 heteroatoms. The van der Waals surface area contributed by atoms with Crippen molar-refractivity contribution >= 4 is 0 Å². The van der Waals surface area contributed by atoms with Crippen molar-refractivity contribution in [2.45, 2.75) is 0 Å². The molecule has 0 fully saturated rings. The normalized spacial score (nSPS) is 11.3. The van der Waals surface area contributed by atoms with E-state index < -0.39 is 0 Å². The number of hydrogen-bond donors (Lipinski definition) is 1. The molecule has 0 heterocycles. The minimum absolute atomic E-state index is 0.920. The zero-order chi connectivity index (χ0) is 4.83. The Morgan fingerprint density at radius 1 is 1.33 bits per heavy atom. The van der Waals surface area contributed by atoms with Crippen molar-refractivity contribution in [1.29, 1.82) is 0 Å². The van der Waals surface area contributed by atoms with E-state index in [1.165, 1.54) is 18.4 Å². The molecule has 2 radical (unpaired) electrons. The SMILES string of the molecule is [N]C=CC=CN. The Labute approximate surface area is 37.1 Å². The molecular formula is C4H6N2. The molecule has 0 bridgehead atoms. The second kappa shape index (κ2) is 4.08. The third kappa shape index (κ3) is 3.08. The molecule has 0 saturated carbocycles. The van der Waals surface area contributed by atoms with Crippen molar-refractivity contribution in [1.82, 2.24) is 5.73 Å². The van der Waals surface area contributed by atoms with Gasteiger partial charge >= 0.3 is 0 Å². The third-order valence-corrected chi connectivity index (χ3v) is 0.308. The van der Waals surface area contributed by atoms with Gasteiger partial charge in [0, 0.05) is 6.20 Å². The average Bonchev–Trinajstić information content (AvgIpc) is 1.61. The summed E-state index contributed by atoms with van der Waals surface area (Å²) in [5, 5.41) is 0. The first-order valence-electron chi connectivity index (χ1n) is 1.59. The monoisotopic (exact) mass is 82.1 g/mol. The smallest absolute Gasteiger partial charge is 0.0496 e. The van der Waals surface area contributed by atoms with Gasteiger partial charge in [0.25, 0.3) is 0 Å². The van der Waals surface area contributed by atoms with E-state index >= 15 is 0 Å². The molecular weight excluding hydrogens is 76.1 g/mol. The molecule has 0 aromatic rings. The van der Waals surface area contributed by atoms with Gasteiger partial charge in [0.15, 0.2) is 0 Å². The van der Waals surface area contributed by atoms with Crippen molar-refractivity contribution in [2.75, 3.05) is 0 Å². The van der Waals surface area contributed by atoms with Crippen LogP contribution in [0.3, 0.4) is 0 Å². The van der Waals surface area contributed by atoms with Crippen molar-refractivity contribution < 1.29 is 0 Å². The van der Waals surface area contributed by atoms with Gasteiger partial charge in [-0.1, -0.05) is 0 Å². The van der Waals surface area contributed by atoms with E-state index in [0.29, 0.717) is 0 Å². The highest BCUT2D eigenvalue weighted by Gasteiger charge is 1.51. The van der Waals surface area contributed by atoms with Crippen LogP contribution in [0.1, 0.15) is 0 Å². The van der Waals surface area contributed by atoms with Crippen molar-refractivity contribution in [3.05, 3.63) is 24.6 Å². The maximum absolute atomic E-state index is 7.91. The fourth-order valence-electron chi connectivity index (χ4n) is 0.114. The molecule has 0 aromatic heterocycles. The minimum atomic E-state index is 0.920. The van der Waals surface area contributed by atoms with Crippen molar-refractivity contribution in [2.24, 2.45) is 5.73 Å². The molecule has 2 N–H and O–H groups in total. The largest absolute Gasteiger partial charge is 0.405 e. The lowest BCUT2D eigenvalue weighted by atomic mass is 10.6. The Balaban J connectivity index is 3.07. The van der Waals surface area contributed by atoms with Crippen LogP contribution in [-0.2, 0) is 0 Å². The van der Waals surface area contributed by atoms with Crippen molar-refractivity contribution in [3.63, 3.8) is 0 Å². The van der Waals surface area contributed by atoms with E-state index in [0.717, 1.165) is 6.20 Å². The van der Waals surface area contributed by atoms with E-state index in [9.17, 15) is 0 Å². The zero-order valence-corrected chi connectivity index (χ0v) is 3.33. The lowest BCUT2D eigenvalue weighted by Crippen LogP contribution is -1.71. The van der Waals surface area contributed by atoms with Crippen LogP contribution in [0.15, 0.2) is 24.6 Å². The summed E-state index contributed by atoms with van der Waals surface area (Å²) in [6.07, 6.45) is 5.22. The first kappa shape index (κ1) is 5.08. The van der Waals surface area contributed by atoms with Gasteiger partial charge in [-0.15, -0.1) is 0 Å². The van der Waals surface area contributed by atoms with E-state index in [1.54, 1.807) is 0 Å². The topological polar surface area (TPSA) is 48.3 Å². The maximum Gasteiger partial charge on any atom is 0.0496 e. The molecule has 32 valence electrons. The summed E-state index contributed by atoms with van der Waals surface area (Å²) in [6.45, 7) is 0. The van der Waals surface area contributed by atoms with Crippen LogP contribution in [0.5, 0.6) is 0 Å². The second-order valence-corrected chi connectivity index (χ2v) is 0.726. The van der Waals surface area contributed by atoms with E-state index in [2.05, 4.69) is 0 Å². The van der Waals surface area contributed by atoms with Crippen LogP contribution in [0, 0.1) is 0 Å². The van der Waals surface area contributed by atoms with Crippen LogP contribution in [0.2, 0.25) is 0 Å². The predicted octanol–water partition coefficient (Wildman–Crippen LogP) is 0.0412. The first-order valence-corrected chi connectivity index (χ1v) is 1.59. The Morgan fingerprint density at radius 3 is 2.17 bits per heavy atom. The summed E-state index contributed by atoms with van der Waals surface area (Å²) < 4.78 is 0. The Hall–Kier alpha value is -0.920. The standard InChI is InChI=1S/C4H6N2/c5-3-1-2-4-6/h1-4H,5H2. The molecule has 2 nitrogen and oxygen atoms in total. The first-order chi connectivity index (χ1) is 2.91. The van der Waals surface area contributed by atoms with Gasteiger partial charge < -0.3 is 5.73 Å². The van der Waals surface area contributed by atoms with Gasteiger partial charge in [-0.25, -0.2) is 0 Å². The number of hydrogen-bond acceptors (Lipinski definition) is 1. The molecule has 0 aromatic carbocycles. The van der Waals surface area contributed by atoms with E-state index in [-0.39, 0.29) is 0 Å². The Kier molecular flexibility index (Phi) is 3.45. The van der Waals surface area contributed by atoms with Crippen LogP contribution in [0.4, 0.5) is 0 Å². The number of allylic oxidation sites excluding steroid dienone is 2. The molecule has 0 rings (SSSR count). The average molecular weight is 82.1 g/mol. The molecule has 0 atom stereocenters. The van der Waals surface area contributed by atoms with Crippen LogP contribution in [0.25, 0.3) is 0 Å². The number of nitrogens with zero attached hydrogens (tertiary/aromatic N) is 1. The van der Waals surface area contributed by atoms with Gasteiger partial charge in [0.05, 0.1) is 0 Å². The van der Waals surface area contributed by atoms with Crippen molar-refractivity contribution in [3.8, 4) is 0 Å². The molecule has 6 heavy (non-hydrogen) atoms. The quantitative estimate of drug-likeness (QED) is 0.446. The zero-order valence-electron chi connectivity index (χ0n) is 3.33. The summed E-state index contributed by atoms with van der Waals surface area (Å²) in [7, 11) is 0. The summed E-state index contributed by atoms with van der Waals surface area (Å²) in [5.74, 6) is 0. The fraction of sp³-hybridized carbons (Fsp3) is 0. The maximum atomic E-state index is 7.91. The summed E-state index contributed by atoms with van der Waals surface area (Å²) in [6, 6.07) is 0. The van der Waals surface area contributed by atoms with Gasteiger partial charge in [-0.05, 0) is 18.4 Å². The fourth-order valence-corrected chi connectivity index (χ4v) is 0.114. The summed E-state index contributed by atoms with van der Waals surface area (Å²) >= 11 is 0. The summed E-state index contributed by atoms with van der Waals surface area (Å²) in [4.78, 5) is 0. The highest BCUT2D eigenvalue weighted by atomic mass is 14.5. The van der Waals surface area contributed by atoms with Gasteiger partial charge in [0.2, 0.25) is 0 Å². The van der Waals surface area contributed by atoms with Gasteiger partial charge in [0.1, 0.15) is 0 Å². The predicted molar refractivity (Wildman–Crippen MR) is 24.6 cm³/mol. The minimum Gasteiger partial charge on any atom is -0.405 e. The Morgan fingerprint density at radius 2 is 2.00 bits per heavy atom. The third-order valence-electron chi connectivity index (χ3n) is 0.308. The Bertz CT molecular complexity index is 53.9. The summed E-state index contributed by atoms with van der Waals surface area (Å²) in [5.41, 5.74) is 12.8. The van der Waals surface area contributed by atoms with E-state index in [4.69, 9.17) is 11.5 Å². The molecule has 0 saturated heterocycles. The van der Waals surface area contributed by atoms with Gasteiger partial charge in [-0.3, -0.25) is 0 Å². The van der Waals surface area contributed by atoms with Crippen LogP contribution in [-0.4, -0.2) is 0 Å². The van der Waals surface area contributed by atoms with Crippen LogP contribution >= 0.6 is 0 Å². The molecule has 0 aliphatic rings. The van der Waals surface area contributed by atoms with Crippen LogP contribution < -0.4 is 11.5 Å². The lowest BCUT2D eigenvalue weighted by molar-refractivity contribution is 1.51. The molecule has 0 aliphatic carbocycles. The van der Waals surface area contributed by atoms with Gasteiger partial charge in [-0.2, -0.15) is 5.73 Å². The highest BCUT2D eigenvalue weighted by molar-refractivity contribution is 4.97. The van der Waals surface area contributed by atoms with E-state index in [1.807, 2.05) is 0 Å². The lowest BCUT2D eigenvalue weighted by Gasteiger charge is -1.62. The molecule has 0 spiro atoms. The second-order valence-electron chi connectivity index (χ2n) is 0.726.